The molecule has 1 aliphatic heterocycles. The smallest absolute Gasteiger partial charge is 0.169 e. The Morgan fingerprint density at radius 1 is 0.617 bits per heavy atom. The number of fused-ring (bicyclic) bond motifs is 3. The van der Waals surface area contributed by atoms with Crippen molar-refractivity contribution in [3.63, 3.8) is 0 Å². The summed E-state index contributed by atoms with van der Waals surface area (Å²) in [5.41, 5.74) is 15.7. The number of aliphatic imine (C=N–C) groups is 2. The van der Waals surface area contributed by atoms with Crippen LogP contribution in [0.15, 0.2) is 216 Å². The quantitative estimate of drug-likeness (QED) is 0.164. The third-order valence-electron chi connectivity index (χ3n) is 12.6. The second kappa shape index (κ2) is 15.6. The minimum absolute atomic E-state index is 0.183. The van der Waals surface area contributed by atoms with Crippen LogP contribution in [0.4, 0.5) is 0 Å². The van der Waals surface area contributed by atoms with Crippen LogP contribution in [0.1, 0.15) is 88.0 Å². The zero-order valence-corrected chi connectivity index (χ0v) is 34.3. The van der Waals surface area contributed by atoms with Crippen LogP contribution in [0.5, 0.6) is 0 Å². The molecular formula is C57H47N3. The molecule has 0 radical (unpaired) electrons. The Morgan fingerprint density at radius 2 is 1.22 bits per heavy atom. The van der Waals surface area contributed by atoms with Gasteiger partial charge in [0.05, 0.1) is 5.41 Å². The summed E-state index contributed by atoms with van der Waals surface area (Å²) in [6.07, 6.45) is 12.0. The van der Waals surface area contributed by atoms with E-state index in [1.165, 1.54) is 66.4 Å². The van der Waals surface area contributed by atoms with Gasteiger partial charge in [0.25, 0.3) is 0 Å². The molecule has 290 valence electrons. The predicted molar refractivity (Wildman–Crippen MR) is 252 cm³/mol. The Kier molecular flexibility index (Phi) is 9.66. The molecule has 7 aromatic rings. The Morgan fingerprint density at radius 3 is 1.88 bits per heavy atom. The van der Waals surface area contributed by atoms with Crippen LogP contribution in [-0.2, 0) is 5.41 Å². The second-order valence-electron chi connectivity index (χ2n) is 16.2. The van der Waals surface area contributed by atoms with Gasteiger partial charge in [-0.25, -0.2) is 9.98 Å². The van der Waals surface area contributed by atoms with Crippen LogP contribution in [-0.4, -0.2) is 11.7 Å². The van der Waals surface area contributed by atoms with Gasteiger partial charge in [0.15, 0.2) is 6.17 Å². The van der Waals surface area contributed by atoms with E-state index >= 15 is 0 Å². The van der Waals surface area contributed by atoms with Crippen LogP contribution in [0.25, 0.3) is 21.9 Å². The molecule has 0 aromatic heterocycles. The van der Waals surface area contributed by atoms with Gasteiger partial charge in [-0.3, -0.25) is 0 Å². The van der Waals surface area contributed by atoms with E-state index in [0.29, 0.717) is 0 Å². The van der Waals surface area contributed by atoms with Crippen molar-refractivity contribution in [3.05, 3.63) is 261 Å². The normalized spacial score (nSPS) is 18.2. The third kappa shape index (κ3) is 6.38. The largest absolute Gasteiger partial charge is 0.324 e. The molecule has 60 heavy (non-hydrogen) atoms. The minimum Gasteiger partial charge on any atom is -0.324 e. The molecule has 0 saturated carbocycles. The Balaban J connectivity index is 1.06. The summed E-state index contributed by atoms with van der Waals surface area (Å²) in [5.74, 6) is 1.84. The first-order valence-corrected chi connectivity index (χ1v) is 21.1. The first-order valence-electron chi connectivity index (χ1n) is 21.1. The SMILES string of the molecule is C/C=C\C1=C(C)C(c2ccccc2)(c2ccccc2)c2cc(C3=CC=CC(c4cccc(C5=NC(c6ccccc6)N=C(c6cccc(C)c6)N5)c4)C3)c3ccccc3c21. The van der Waals surface area contributed by atoms with Gasteiger partial charge in [-0.1, -0.05) is 188 Å². The molecule has 10 rings (SSSR count). The average molecular weight is 774 g/mol. The predicted octanol–water partition coefficient (Wildman–Crippen LogP) is 13.5. The van der Waals surface area contributed by atoms with Crippen molar-refractivity contribution in [3.8, 4) is 0 Å². The summed E-state index contributed by atoms with van der Waals surface area (Å²) in [6, 6.07) is 61.6. The fourth-order valence-electron chi connectivity index (χ4n) is 9.81. The average Bonchev–Trinajstić information content (AvgIpc) is 3.57. The fraction of sp³-hybridized carbons (Fsp3) is 0.123. The lowest BCUT2D eigenvalue weighted by molar-refractivity contribution is 0.743. The Hall–Kier alpha value is -7.10. The molecule has 0 amide bonds. The number of hydrogen-bond donors (Lipinski definition) is 1. The lowest BCUT2D eigenvalue weighted by Gasteiger charge is -2.35. The van der Waals surface area contributed by atoms with E-state index in [-0.39, 0.29) is 12.1 Å². The first-order chi connectivity index (χ1) is 29.5. The van der Waals surface area contributed by atoms with Crippen molar-refractivity contribution >= 4 is 33.6 Å². The molecule has 1 N–H and O–H groups in total. The van der Waals surface area contributed by atoms with Crippen molar-refractivity contribution in [1.82, 2.24) is 5.32 Å². The molecule has 0 saturated heterocycles. The Labute approximate surface area is 353 Å². The lowest BCUT2D eigenvalue weighted by atomic mass is 9.66. The van der Waals surface area contributed by atoms with Crippen LogP contribution in [0, 0.1) is 6.92 Å². The molecule has 1 heterocycles. The summed E-state index contributed by atoms with van der Waals surface area (Å²) in [6.45, 7) is 6.59. The molecular weight excluding hydrogens is 727 g/mol. The number of nitrogens with zero attached hydrogens (tertiary/aromatic N) is 2. The van der Waals surface area contributed by atoms with Crippen LogP contribution in [0.2, 0.25) is 0 Å². The Bertz CT molecular complexity index is 2910. The highest BCUT2D eigenvalue weighted by atomic mass is 15.2. The molecule has 7 aromatic carbocycles. The molecule has 3 heteroatoms. The summed E-state index contributed by atoms with van der Waals surface area (Å²) in [4.78, 5) is 10.3. The van der Waals surface area contributed by atoms with Gasteiger partial charge in [0, 0.05) is 17.0 Å². The monoisotopic (exact) mass is 773 g/mol. The number of rotatable bonds is 8. The van der Waals surface area contributed by atoms with Crippen molar-refractivity contribution < 1.29 is 0 Å². The molecule has 2 atom stereocenters. The number of nitrogens with one attached hydrogen (secondary N) is 1. The molecule has 3 aliphatic rings. The molecule has 0 bridgehead atoms. The number of aryl methyl sites for hydroxylation is 1. The number of hydrogen-bond acceptors (Lipinski definition) is 3. The van der Waals surface area contributed by atoms with E-state index in [2.05, 4.69) is 220 Å². The maximum absolute atomic E-state index is 5.21. The van der Waals surface area contributed by atoms with Crippen LogP contribution in [0.3, 0.4) is 0 Å². The molecule has 3 nitrogen and oxygen atoms in total. The van der Waals surface area contributed by atoms with Crippen molar-refractivity contribution in [2.24, 2.45) is 9.98 Å². The van der Waals surface area contributed by atoms with Crippen LogP contribution < -0.4 is 5.32 Å². The molecule has 0 spiro atoms. The maximum Gasteiger partial charge on any atom is 0.169 e. The van der Waals surface area contributed by atoms with Crippen LogP contribution >= 0.6 is 0 Å². The highest BCUT2D eigenvalue weighted by Crippen LogP contribution is 2.57. The van der Waals surface area contributed by atoms with E-state index in [0.717, 1.165) is 34.8 Å². The van der Waals surface area contributed by atoms with E-state index < -0.39 is 5.41 Å². The first kappa shape index (κ1) is 37.2. The maximum atomic E-state index is 5.21. The van der Waals surface area contributed by atoms with Gasteiger partial charge in [-0.15, -0.1) is 0 Å². The number of allylic oxidation sites excluding steroid dienone is 8. The van der Waals surface area contributed by atoms with E-state index in [9.17, 15) is 0 Å². The number of benzene rings is 7. The summed E-state index contributed by atoms with van der Waals surface area (Å²) in [7, 11) is 0. The topological polar surface area (TPSA) is 36.8 Å². The highest BCUT2D eigenvalue weighted by molar-refractivity contribution is 6.16. The fourth-order valence-corrected chi connectivity index (χ4v) is 9.81. The van der Waals surface area contributed by atoms with Gasteiger partial charge in [0.2, 0.25) is 0 Å². The molecule has 2 unspecified atom stereocenters. The summed E-state index contributed by atoms with van der Waals surface area (Å²) < 4.78 is 0. The standard InChI is InChI=1S/C57H47N3/c1-4-19-48-39(3)57(46-28-10-6-11-29-46,47-30-12-7-13-31-47)52-37-51(49-32-14-15-33-50(49)53(48)52)43-25-17-23-41(35-43)42-24-18-27-45(36-42)56-59-54(40-21-8-5-9-22-40)58-55(60-56)44-26-16-20-38(2)34-44/h4-34,36-37,41,54H,35H2,1-3H3,(H,58,59,60)/b19-4-. The lowest BCUT2D eigenvalue weighted by Crippen LogP contribution is -2.36. The van der Waals surface area contributed by atoms with E-state index in [4.69, 9.17) is 9.98 Å². The van der Waals surface area contributed by atoms with Crippen molar-refractivity contribution in [2.45, 2.75) is 44.7 Å². The van der Waals surface area contributed by atoms with Gasteiger partial charge in [-0.2, -0.15) is 0 Å². The highest BCUT2D eigenvalue weighted by Gasteiger charge is 2.46. The van der Waals surface area contributed by atoms with Gasteiger partial charge in [0.1, 0.15) is 11.7 Å². The summed E-state index contributed by atoms with van der Waals surface area (Å²) >= 11 is 0. The summed E-state index contributed by atoms with van der Waals surface area (Å²) in [5, 5.41) is 6.21. The van der Waals surface area contributed by atoms with Gasteiger partial charge < -0.3 is 5.32 Å². The second-order valence-corrected chi connectivity index (χ2v) is 16.2. The molecule has 2 aliphatic carbocycles. The van der Waals surface area contributed by atoms with E-state index in [1.807, 2.05) is 6.07 Å². The minimum atomic E-state index is -0.448. The van der Waals surface area contributed by atoms with Gasteiger partial charge in [-0.05, 0) is 112 Å². The van der Waals surface area contributed by atoms with Gasteiger partial charge >= 0.3 is 0 Å². The number of amidine groups is 2. The van der Waals surface area contributed by atoms with E-state index in [1.54, 1.807) is 0 Å². The van der Waals surface area contributed by atoms with Crippen molar-refractivity contribution in [2.75, 3.05) is 0 Å². The third-order valence-corrected chi connectivity index (χ3v) is 12.6. The zero-order valence-electron chi connectivity index (χ0n) is 34.3. The zero-order chi connectivity index (χ0) is 40.6. The molecule has 0 fully saturated rings. The van der Waals surface area contributed by atoms with Crippen molar-refractivity contribution in [1.29, 1.82) is 0 Å².